The van der Waals surface area contributed by atoms with Gasteiger partial charge >= 0.3 is 0 Å². The third kappa shape index (κ3) is 2.93. The molecule has 4 rings (SSSR count). The average Bonchev–Trinajstić information content (AvgIpc) is 3.11. The first-order valence-corrected chi connectivity index (χ1v) is 8.93. The Balaban J connectivity index is 1.48. The third-order valence-corrected chi connectivity index (χ3v) is 5.92. The number of rotatable bonds is 2. The van der Waals surface area contributed by atoms with Crippen molar-refractivity contribution >= 4 is 5.91 Å². The highest BCUT2D eigenvalue weighted by atomic mass is 19.1. The summed E-state index contributed by atoms with van der Waals surface area (Å²) in [5.41, 5.74) is 1.17. The zero-order valence-electron chi connectivity index (χ0n) is 13.5. The Morgan fingerprint density at radius 2 is 1.91 bits per heavy atom. The minimum Gasteiger partial charge on any atom is -0.342 e. The van der Waals surface area contributed by atoms with E-state index in [1.54, 1.807) is 0 Å². The lowest BCUT2D eigenvalue weighted by atomic mass is 9.91. The number of halogens is 1. The Morgan fingerprint density at radius 1 is 1.09 bits per heavy atom. The Bertz CT molecular complexity index is 609. The number of carbonyl (C=O) groups excluding carboxylic acids is 1. The fraction of sp³-hybridized carbons (Fsp3) is 0.550. The van der Waals surface area contributed by atoms with Crippen molar-refractivity contribution in [3.8, 4) is 0 Å². The van der Waals surface area contributed by atoms with Gasteiger partial charge in [-0.1, -0.05) is 30.7 Å². The van der Waals surface area contributed by atoms with Crippen LogP contribution in [-0.2, 0) is 4.79 Å². The van der Waals surface area contributed by atoms with E-state index < -0.39 is 0 Å². The molecule has 2 nitrogen and oxygen atoms in total. The molecule has 0 unspecified atom stereocenters. The summed E-state index contributed by atoms with van der Waals surface area (Å²) in [6.45, 7) is 1.68. The Kier molecular flexibility index (Phi) is 3.96. The molecule has 2 bridgehead atoms. The molecule has 1 amide bonds. The fourth-order valence-electron chi connectivity index (χ4n) is 4.65. The second-order valence-electron chi connectivity index (χ2n) is 7.42. The largest absolute Gasteiger partial charge is 0.342 e. The topological polar surface area (TPSA) is 20.3 Å². The number of allylic oxidation sites excluding steroid dienone is 2. The van der Waals surface area contributed by atoms with Gasteiger partial charge in [-0.25, -0.2) is 4.39 Å². The molecule has 23 heavy (non-hydrogen) atoms. The van der Waals surface area contributed by atoms with Crippen LogP contribution in [0.25, 0.3) is 0 Å². The quantitative estimate of drug-likeness (QED) is 0.752. The number of benzene rings is 1. The Hall–Kier alpha value is -1.64. The maximum atomic E-state index is 13.2. The predicted molar refractivity (Wildman–Crippen MR) is 88.4 cm³/mol. The molecule has 0 radical (unpaired) electrons. The summed E-state index contributed by atoms with van der Waals surface area (Å²) in [6, 6.07) is 6.84. The summed E-state index contributed by atoms with van der Waals surface area (Å²) in [5, 5.41) is 0. The normalized spacial score (nSPS) is 33.0. The molecule has 2 aliphatic carbocycles. The summed E-state index contributed by atoms with van der Waals surface area (Å²) in [7, 11) is 0. The molecule has 1 aliphatic heterocycles. The van der Waals surface area contributed by atoms with Gasteiger partial charge in [0.05, 0.1) is 0 Å². The molecule has 1 saturated heterocycles. The maximum absolute atomic E-state index is 13.2. The molecule has 3 aliphatic rings. The summed E-state index contributed by atoms with van der Waals surface area (Å²) < 4.78 is 13.2. The molecule has 3 heteroatoms. The van der Waals surface area contributed by atoms with E-state index in [2.05, 4.69) is 17.1 Å². The first-order chi connectivity index (χ1) is 11.2. The lowest BCUT2D eigenvalue weighted by Crippen LogP contribution is -2.39. The molecule has 1 heterocycles. The van der Waals surface area contributed by atoms with Crippen LogP contribution in [0, 0.1) is 23.6 Å². The molecule has 4 atom stereocenters. The molecular weight excluding hydrogens is 289 g/mol. The SMILES string of the molecule is O=C([C@@H]1C[C@H]2C=C[C@H]1C2)N1CCCC[C@@H](c2ccc(F)cc2)C1. The lowest BCUT2D eigenvalue weighted by Gasteiger charge is -2.29. The summed E-state index contributed by atoms with van der Waals surface area (Å²) >= 11 is 0. The summed E-state index contributed by atoms with van der Waals surface area (Å²) in [6.07, 6.45) is 10.1. The van der Waals surface area contributed by atoms with Gasteiger partial charge in [-0.3, -0.25) is 4.79 Å². The van der Waals surface area contributed by atoms with Crippen molar-refractivity contribution < 1.29 is 9.18 Å². The molecule has 122 valence electrons. The number of amides is 1. The zero-order valence-corrected chi connectivity index (χ0v) is 13.5. The lowest BCUT2D eigenvalue weighted by molar-refractivity contribution is -0.136. The van der Waals surface area contributed by atoms with Crippen LogP contribution in [0.2, 0.25) is 0 Å². The van der Waals surface area contributed by atoms with Gasteiger partial charge in [0.2, 0.25) is 5.91 Å². The highest BCUT2D eigenvalue weighted by molar-refractivity contribution is 5.80. The van der Waals surface area contributed by atoms with Crippen LogP contribution in [-0.4, -0.2) is 23.9 Å². The van der Waals surface area contributed by atoms with Crippen LogP contribution >= 0.6 is 0 Å². The monoisotopic (exact) mass is 313 g/mol. The third-order valence-electron chi connectivity index (χ3n) is 5.92. The van der Waals surface area contributed by atoms with E-state index in [1.807, 2.05) is 12.1 Å². The number of carbonyl (C=O) groups is 1. The molecule has 0 aromatic heterocycles. The van der Waals surface area contributed by atoms with Crippen LogP contribution in [0.15, 0.2) is 36.4 Å². The van der Waals surface area contributed by atoms with E-state index in [9.17, 15) is 9.18 Å². The van der Waals surface area contributed by atoms with E-state index in [0.29, 0.717) is 23.7 Å². The van der Waals surface area contributed by atoms with Crippen molar-refractivity contribution in [3.05, 3.63) is 47.8 Å². The van der Waals surface area contributed by atoms with Crippen LogP contribution < -0.4 is 0 Å². The van der Waals surface area contributed by atoms with Gasteiger partial charge in [0.25, 0.3) is 0 Å². The van der Waals surface area contributed by atoms with Gasteiger partial charge in [-0.15, -0.1) is 0 Å². The Labute approximate surface area is 137 Å². The molecule has 2 fully saturated rings. The van der Waals surface area contributed by atoms with E-state index in [0.717, 1.165) is 38.8 Å². The number of hydrogen-bond donors (Lipinski definition) is 0. The maximum Gasteiger partial charge on any atom is 0.226 e. The van der Waals surface area contributed by atoms with Gasteiger partial charge in [0.1, 0.15) is 5.82 Å². The van der Waals surface area contributed by atoms with Crippen LogP contribution in [0.5, 0.6) is 0 Å². The van der Waals surface area contributed by atoms with Crippen molar-refractivity contribution in [3.63, 3.8) is 0 Å². The van der Waals surface area contributed by atoms with E-state index in [-0.39, 0.29) is 11.7 Å². The Morgan fingerprint density at radius 3 is 2.61 bits per heavy atom. The predicted octanol–water partition coefficient (Wildman–Crippen LogP) is 4.13. The van der Waals surface area contributed by atoms with E-state index >= 15 is 0 Å². The smallest absolute Gasteiger partial charge is 0.226 e. The van der Waals surface area contributed by atoms with Crippen molar-refractivity contribution in [2.45, 2.75) is 38.0 Å². The minimum atomic E-state index is -0.191. The van der Waals surface area contributed by atoms with Gasteiger partial charge in [-0.2, -0.15) is 0 Å². The molecule has 0 N–H and O–H groups in total. The van der Waals surface area contributed by atoms with Crippen molar-refractivity contribution in [1.82, 2.24) is 4.90 Å². The van der Waals surface area contributed by atoms with Crippen LogP contribution in [0.3, 0.4) is 0 Å². The highest BCUT2D eigenvalue weighted by Crippen LogP contribution is 2.44. The van der Waals surface area contributed by atoms with Gasteiger partial charge in [-0.05, 0) is 55.2 Å². The van der Waals surface area contributed by atoms with Gasteiger partial charge in [0, 0.05) is 24.9 Å². The molecule has 0 spiro atoms. The average molecular weight is 313 g/mol. The first-order valence-electron chi connectivity index (χ1n) is 8.93. The second kappa shape index (κ2) is 6.10. The van der Waals surface area contributed by atoms with Gasteiger partial charge < -0.3 is 4.90 Å². The van der Waals surface area contributed by atoms with Crippen molar-refractivity contribution in [1.29, 1.82) is 0 Å². The van der Waals surface area contributed by atoms with Crippen LogP contribution in [0.1, 0.15) is 43.6 Å². The number of nitrogens with zero attached hydrogens (tertiary/aromatic N) is 1. The summed E-state index contributed by atoms with van der Waals surface area (Å²) in [5.74, 6) is 1.82. The second-order valence-corrected chi connectivity index (χ2v) is 7.42. The summed E-state index contributed by atoms with van der Waals surface area (Å²) in [4.78, 5) is 15.1. The first kappa shape index (κ1) is 14.9. The van der Waals surface area contributed by atoms with E-state index in [1.165, 1.54) is 24.1 Å². The molecular formula is C20H24FNO. The zero-order chi connectivity index (χ0) is 15.8. The molecule has 1 aromatic carbocycles. The number of fused-ring (bicyclic) bond motifs is 2. The standard InChI is InChI=1S/C20H24FNO/c21-18-8-6-15(7-9-18)17-3-1-2-10-22(13-17)20(23)19-12-14-4-5-16(19)11-14/h4-9,14,16-17,19H,1-3,10-13H2/t14-,16-,17+,19+/m0/s1. The number of likely N-dealkylation sites (tertiary alicyclic amines) is 1. The molecule has 1 saturated carbocycles. The van der Waals surface area contributed by atoms with Crippen LogP contribution in [0.4, 0.5) is 4.39 Å². The van der Waals surface area contributed by atoms with Gasteiger partial charge in [0.15, 0.2) is 0 Å². The highest BCUT2D eigenvalue weighted by Gasteiger charge is 2.41. The van der Waals surface area contributed by atoms with Crippen molar-refractivity contribution in [2.24, 2.45) is 17.8 Å². The van der Waals surface area contributed by atoms with Crippen molar-refractivity contribution in [2.75, 3.05) is 13.1 Å². The minimum absolute atomic E-state index is 0.191. The molecule has 1 aromatic rings. The fourth-order valence-corrected chi connectivity index (χ4v) is 4.65. The number of hydrogen-bond acceptors (Lipinski definition) is 1. The van der Waals surface area contributed by atoms with E-state index in [4.69, 9.17) is 0 Å².